The lowest BCUT2D eigenvalue weighted by molar-refractivity contribution is -0.0776. The van der Waals surface area contributed by atoms with E-state index in [0.717, 1.165) is 12.8 Å². The largest absolute Gasteiger partial charge is 0.396 e. The van der Waals surface area contributed by atoms with E-state index in [4.69, 9.17) is 9.47 Å². The topological polar surface area (TPSA) is 58.9 Å². The molecule has 0 unspecified atom stereocenters. The average Bonchev–Trinajstić information content (AvgIpc) is 2.58. The van der Waals surface area contributed by atoms with Crippen LogP contribution >= 0.6 is 0 Å². The molecule has 0 saturated heterocycles. The number of ether oxygens (including phenoxy) is 2. The molecule has 0 amide bonds. The third-order valence-electron chi connectivity index (χ3n) is 4.27. The molecule has 0 aliphatic heterocycles. The number of hydrogen-bond donors (Lipinski definition) is 2. The van der Waals surface area contributed by atoms with Crippen LogP contribution in [-0.4, -0.2) is 49.9 Å². The van der Waals surface area contributed by atoms with Gasteiger partial charge in [-0.1, -0.05) is 65.2 Å². The molecule has 0 rings (SSSR count). The van der Waals surface area contributed by atoms with E-state index in [9.17, 15) is 10.2 Å². The summed E-state index contributed by atoms with van der Waals surface area (Å²) in [6.07, 6.45) is 12.0. The van der Waals surface area contributed by atoms with Crippen molar-refractivity contribution in [1.29, 1.82) is 0 Å². The van der Waals surface area contributed by atoms with Crippen LogP contribution in [0.4, 0.5) is 0 Å². The summed E-state index contributed by atoms with van der Waals surface area (Å²) in [5, 5.41) is 19.2. The summed E-state index contributed by atoms with van der Waals surface area (Å²) < 4.78 is 11.3. The molecular weight excluding hydrogens is 292 g/mol. The zero-order valence-corrected chi connectivity index (χ0v) is 15.5. The molecule has 0 fully saturated rings. The van der Waals surface area contributed by atoms with Crippen LogP contribution in [0.2, 0.25) is 0 Å². The first-order valence-corrected chi connectivity index (χ1v) is 9.62. The minimum atomic E-state index is -0.660. The van der Waals surface area contributed by atoms with Crippen LogP contribution in [0.1, 0.15) is 78.1 Å². The van der Waals surface area contributed by atoms with Crippen molar-refractivity contribution in [3.63, 3.8) is 0 Å². The molecule has 4 nitrogen and oxygen atoms in total. The lowest BCUT2D eigenvalue weighted by Crippen LogP contribution is -2.40. The fourth-order valence-electron chi connectivity index (χ4n) is 2.47. The fourth-order valence-corrected chi connectivity index (χ4v) is 2.47. The van der Waals surface area contributed by atoms with Gasteiger partial charge in [-0.3, -0.25) is 0 Å². The van der Waals surface area contributed by atoms with Crippen LogP contribution in [0.3, 0.4) is 0 Å². The van der Waals surface area contributed by atoms with Gasteiger partial charge in [-0.25, -0.2) is 0 Å². The van der Waals surface area contributed by atoms with E-state index in [2.05, 4.69) is 13.8 Å². The normalized spacial score (nSPS) is 12.0. The van der Waals surface area contributed by atoms with Gasteiger partial charge in [0.05, 0.1) is 31.8 Å². The van der Waals surface area contributed by atoms with E-state index < -0.39 is 5.41 Å². The highest BCUT2D eigenvalue weighted by molar-refractivity contribution is 4.77. The van der Waals surface area contributed by atoms with Crippen molar-refractivity contribution < 1.29 is 19.7 Å². The summed E-state index contributed by atoms with van der Waals surface area (Å²) in [6.45, 7) is 6.33. The highest BCUT2D eigenvalue weighted by Gasteiger charge is 2.29. The zero-order chi connectivity index (χ0) is 17.2. The molecule has 0 aromatic heterocycles. The molecule has 23 heavy (non-hydrogen) atoms. The highest BCUT2D eigenvalue weighted by atomic mass is 16.5. The molecule has 0 bridgehead atoms. The lowest BCUT2D eigenvalue weighted by Gasteiger charge is -2.29. The molecule has 4 heteroatoms. The molecule has 0 spiro atoms. The first-order chi connectivity index (χ1) is 11.2. The zero-order valence-electron chi connectivity index (χ0n) is 15.5. The quantitative estimate of drug-likeness (QED) is 0.373. The monoisotopic (exact) mass is 332 g/mol. The lowest BCUT2D eigenvalue weighted by atomic mass is 9.92. The molecule has 0 radical (unpaired) electrons. The third kappa shape index (κ3) is 12.9. The standard InChI is InChI=1S/C19H40O4/c1-3-5-7-9-11-13-22-17-19(15-20,16-21)18-23-14-12-10-8-6-4-2/h20-21H,3-18H2,1-2H3. The van der Waals surface area contributed by atoms with E-state index in [-0.39, 0.29) is 13.2 Å². The predicted molar refractivity (Wildman–Crippen MR) is 95.8 cm³/mol. The molecular formula is C19H40O4. The van der Waals surface area contributed by atoms with Gasteiger partial charge < -0.3 is 19.7 Å². The Morgan fingerprint density at radius 2 is 1.00 bits per heavy atom. The van der Waals surface area contributed by atoms with Crippen molar-refractivity contribution in [2.24, 2.45) is 5.41 Å². The van der Waals surface area contributed by atoms with Crippen LogP contribution in [0.5, 0.6) is 0 Å². The highest BCUT2D eigenvalue weighted by Crippen LogP contribution is 2.18. The Labute approximate surface area is 143 Å². The Hall–Kier alpha value is -0.160. The number of rotatable bonds is 18. The number of unbranched alkanes of at least 4 members (excludes halogenated alkanes) is 8. The number of aliphatic hydroxyl groups is 2. The molecule has 0 heterocycles. The Morgan fingerprint density at radius 3 is 1.35 bits per heavy atom. The van der Waals surface area contributed by atoms with Crippen molar-refractivity contribution in [1.82, 2.24) is 0 Å². The van der Waals surface area contributed by atoms with Crippen LogP contribution in [0, 0.1) is 5.41 Å². The Kier molecular flexibility index (Phi) is 16.6. The predicted octanol–water partition coefficient (Wildman–Crippen LogP) is 3.93. The summed E-state index contributed by atoms with van der Waals surface area (Å²) in [4.78, 5) is 0. The maximum Gasteiger partial charge on any atom is 0.0632 e. The third-order valence-corrected chi connectivity index (χ3v) is 4.27. The summed E-state index contributed by atoms with van der Waals surface area (Å²) in [7, 11) is 0. The maximum absolute atomic E-state index is 9.60. The van der Waals surface area contributed by atoms with E-state index in [1.54, 1.807) is 0 Å². The van der Waals surface area contributed by atoms with E-state index >= 15 is 0 Å². The van der Waals surface area contributed by atoms with Crippen LogP contribution < -0.4 is 0 Å². The van der Waals surface area contributed by atoms with Gasteiger partial charge in [0, 0.05) is 13.2 Å². The number of hydrogen-bond acceptors (Lipinski definition) is 4. The number of aliphatic hydroxyl groups excluding tert-OH is 2. The van der Waals surface area contributed by atoms with Gasteiger partial charge in [-0.15, -0.1) is 0 Å². The van der Waals surface area contributed by atoms with Gasteiger partial charge in [0.15, 0.2) is 0 Å². The Bertz CT molecular complexity index is 209. The fraction of sp³-hybridized carbons (Fsp3) is 1.00. The van der Waals surface area contributed by atoms with Crippen molar-refractivity contribution in [3.05, 3.63) is 0 Å². The molecule has 0 saturated carbocycles. The van der Waals surface area contributed by atoms with E-state index in [1.165, 1.54) is 51.4 Å². The Balaban J connectivity index is 3.74. The summed E-state index contributed by atoms with van der Waals surface area (Å²) in [5.74, 6) is 0. The SMILES string of the molecule is CCCCCCCOCC(CO)(CO)COCCCCCCC. The van der Waals surface area contributed by atoms with Crippen molar-refractivity contribution in [3.8, 4) is 0 Å². The van der Waals surface area contributed by atoms with Crippen molar-refractivity contribution in [2.45, 2.75) is 78.1 Å². The molecule has 0 aromatic rings. The summed E-state index contributed by atoms with van der Waals surface area (Å²) in [6, 6.07) is 0. The molecule has 0 atom stereocenters. The second-order valence-corrected chi connectivity index (χ2v) is 6.75. The molecule has 140 valence electrons. The second kappa shape index (κ2) is 16.7. The van der Waals surface area contributed by atoms with Crippen LogP contribution in [-0.2, 0) is 9.47 Å². The minimum Gasteiger partial charge on any atom is -0.396 e. The molecule has 0 aliphatic carbocycles. The summed E-state index contributed by atoms with van der Waals surface area (Å²) >= 11 is 0. The van der Waals surface area contributed by atoms with Gasteiger partial charge in [-0.2, -0.15) is 0 Å². The molecule has 0 aromatic carbocycles. The molecule has 0 aliphatic rings. The van der Waals surface area contributed by atoms with Gasteiger partial charge in [0.1, 0.15) is 0 Å². The van der Waals surface area contributed by atoms with Crippen LogP contribution in [0.15, 0.2) is 0 Å². The average molecular weight is 333 g/mol. The molecule has 2 N–H and O–H groups in total. The first kappa shape index (κ1) is 22.8. The first-order valence-electron chi connectivity index (χ1n) is 9.62. The van der Waals surface area contributed by atoms with Crippen LogP contribution in [0.25, 0.3) is 0 Å². The van der Waals surface area contributed by atoms with Gasteiger partial charge in [-0.05, 0) is 12.8 Å². The van der Waals surface area contributed by atoms with Gasteiger partial charge in [0.25, 0.3) is 0 Å². The summed E-state index contributed by atoms with van der Waals surface area (Å²) in [5.41, 5.74) is -0.660. The Morgan fingerprint density at radius 1 is 0.609 bits per heavy atom. The second-order valence-electron chi connectivity index (χ2n) is 6.75. The van der Waals surface area contributed by atoms with Crippen molar-refractivity contribution in [2.75, 3.05) is 39.6 Å². The smallest absolute Gasteiger partial charge is 0.0632 e. The van der Waals surface area contributed by atoms with Crippen molar-refractivity contribution >= 4 is 0 Å². The van der Waals surface area contributed by atoms with Gasteiger partial charge >= 0.3 is 0 Å². The maximum atomic E-state index is 9.60. The van der Waals surface area contributed by atoms with E-state index in [1.807, 2.05) is 0 Å². The van der Waals surface area contributed by atoms with Gasteiger partial charge in [0.2, 0.25) is 0 Å². The van der Waals surface area contributed by atoms with E-state index in [0.29, 0.717) is 26.4 Å². The minimum absolute atomic E-state index is 0.102.